The maximum absolute atomic E-state index is 11.3. The van der Waals surface area contributed by atoms with Crippen molar-refractivity contribution in [3.63, 3.8) is 0 Å². The van der Waals surface area contributed by atoms with Crippen molar-refractivity contribution in [2.45, 2.75) is 19.9 Å². The van der Waals surface area contributed by atoms with Crippen LogP contribution in [-0.2, 0) is 18.4 Å². The lowest BCUT2D eigenvalue weighted by atomic mass is 10.3. The number of nitrogens with zero attached hydrogens (tertiary/aromatic N) is 3. The molecule has 0 atom stereocenters. The third-order valence-electron chi connectivity index (χ3n) is 2.42. The first-order chi connectivity index (χ1) is 7.50. The van der Waals surface area contributed by atoms with E-state index >= 15 is 0 Å². The fourth-order valence-corrected chi connectivity index (χ4v) is 1.47. The molecule has 0 spiro atoms. The Hall–Kier alpha value is -1.36. The van der Waals surface area contributed by atoms with E-state index in [1.54, 1.807) is 19.0 Å². The fourth-order valence-electron chi connectivity index (χ4n) is 1.47. The van der Waals surface area contributed by atoms with Crippen molar-refractivity contribution in [1.82, 2.24) is 20.0 Å². The molecule has 5 heteroatoms. The number of nitrogens with one attached hydrogen (secondary N) is 1. The van der Waals surface area contributed by atoms with Gasteiger partial charge in [0.25, 0.3) is 0 Å². The van der Waals surface area contributed by atoms with Crippen LogP contribution < -0.4 is 5.32 Å². The molecule has 0 saturated carbocycles. The summed E-state index contributed by atoms with van der Waals surface area (Å²) in [6.07, 6.45) is 0.532. The van der Waals surface area contributed by atoms with Gasteiger partial charge in [-0.05, 0) is 13.0 Å². The zero-order chi connectivity index (χ0) is 12.1. The van der Waals surface area contributed by atoms with E-state index in [1.165, 1.54) is 0 Å². The average molecular weight is 224 g/mol. The first-order valence-electron chi connectivity index (χ1n) is 5.41. The van der Waals surface area contributed by atoms with E-state index < -0.39 is 0 Å². The van der Waals surface area contributed by atoms with E-state index in [2.05, 4.69) is 10.4 Å². The molecular formula is C11H20N4O. The van der Waals surface area contributed by atoms with E-state index in [0.29, 0.717) is 13.0 Å². The van der Waals surface area contributed by atoms with Crippen LogP contribution in [0.5, 0.6) is 0 Å². The fraction of sp³-hybridized carbons (Fsp3) is 0.636. The molecule has 0 radical (unpaired) electrons. The number of carbonyl (C=O) groups is 1. The van der Waals surface area contributed by atoms with Crippen LogP contribution in [0.25, 0.3) is 0 Å². The van der Waals surface area contributed by atoms with Gasteiger partial charge in [0.05, 0.1) is 11.4 Å². The van der Waals surface area contributed by atoms with Crippen LogP contribution in [0.15, 0.2) is 6.07 Å². The van der Waals surface area contributed by atoms with Crippen LogP contribution in [0.2, 0.25) is 0 Å². The van der Waals surface area contributed by atoms with Crippen LogP contribution in [0.4, 0.5) is 0 Å². The highest BCUT2D eigenvalue weighted by molar-refractivity contribution is 5.75. The van der Waals surface area contributed by atoms with Crippen molar-refractivity contribution in [3.8, 4) is 0 Å². The molecular weight excluding hydrogens is 204 g/mol. The molecule has 1 amide bonds. The zero-order valence-corrected chi connectivity index (χ0v) is 10.4. The van der Waals surface area contributed by atoms with Gasteiger partial charge in [0.15, 0.2) is 0 Å². The van der Waals surface area contributed by atoms with Crippen LogP contribution in [-0.4, -0.2) is 41.2 Å². The van der Waals surface area contributed by atoms with E-state index in [-0.39, 0.29) is 5.91 Å². The minimum Gasteiger partial charge on any atom is -0.349 e. The highest BCUT2D eigenvalue weighted by Gasteiger charge is 2.04. The van der Waals surface area contributed by atoms with Gasteiger partial charge in [0.1, 0.15) is 0 Å². The Kier molecular flexibility index (Phi) is 4.49. The summed E-state index contributed by atoms with van der Waals surface area (Å²) in [6, 6.07) is 2.04. The number of hydrogen-bond acceptors (Lipinski definition) is 3. The van der Waals surface area contributed by atoms with Crippen LogP contribution in [0.3, 0.4) is 0 Å². The van der Waals surface area contributed by atoms with E-state index in [9.17, 15) is 4.79 Å². The molecule has 1 aromatic rings. The predicted molar refractivity (Wildman–Crippen MR) is 63.0 cm³/mol. The van der Waals surface area contributed by atoms with Crippen LogP contribution >= 0.6 is 0 Å². The molecule has 0 fully saturated rings. The number of aryl methyl sites for hydroxylation is 2. The average Bonchev–Trinajstić information content (AvgIpc) is 2.51. The maximum Gasteiger partial charge on any atom is 0.223 e. The summed E-state index contributed by atoms with van der Waals surface area (Å²) in [6.45, 7) is 3.42. The van der Waals surface area contributed by atoms with Gasteiger partial charge in [-0.2, -0.15) is 5.10 Å². The van der Waals surface area contributed by atoms with Crippen molar-refractivity contribution in [1.29, 1.82) is 0 Å². The molecule has 0 aliphatic rings. The summed E-state index contributed by atoms with van der Waals surface area (Å²) < 4.78 is 1.86. The van der Waals surface area contributed by atoms with Gasteiger partial charge in [0, 0.05) is 40.7 Å². The molecule has 1 aromatic heterocycles. The summed E-state index contributed by atoms with van der Waals surface area (Å²) in [7, 11) is 5.47. The summed E-state index contributed by atoms with van der Waals surface area (Å²) in [5.41, 5.74) is 2.15. The van der Waals surface area contributed by atoms with Crippen molar-refractivity contribution in [2.24, 2.45) is 7.05 Å². The maximum atomic E-state index is 11.3. The van der Waals surface area contributed by atoms with Crippen LogP contribution in [0, 0.1) is 6.92 Å². The van der Waals surface area contributed by atoms with Gasteiger partial charge in [-0.25, -0.2) is 0 Å². The van der Waals surface area contributed by atoms with E-state index in [0.717, 1.165) is 17.9 Å². The standard InChI is InChI=1S/C11H20N4O/c1-9-7-10(15(4)13-9)8-12-6-5-11(16)14(2)3/h7,12H,5-6,8H2,1-4H3. The quantitative estimate of drug-likeness (QED) is 0.732. The molecule has 0 aromatic carbocycles. The Balaban J connectivity index is 2.26. The second kappa shape index (κ2) is 5.65. The molecule has 0 aliphatic heterocycles. The lowest BCUT2D eigenvalue weighted by molar-refractivity contribution is -0.128. The second-order valence-electron chi connectivity index (χ2n) is 4.12. The van der Waals surface area contributed by atoms with Gasteiger partial charge in [-0.3, -0.25) is 9.48 Å². The molecule has 0 aliphatic carbocycles. The zero-order valence-electron chi connectivity index (χ0n) is 10.4. The smallest absolute Gasteiger partial charge is 0.223 e. The van der Waals surface area contributed by atoms with Gasteiger partial charge >= 0.3 is 0 Å². The largest absolute Gasteiger partial charge is 0.349 e. The molecule has 0 bridgehead atoms. The first kappa shape index (κ1) is 12.7. The van der Waals surface area contributed by atoms with Crippen molar-refractivity contribution in [3.05, 3.63) is 17.5 Å². The molecule has 1 heterocycles. The molecule has 0 unspecified atom stereocenters. The van der Waals surface area contributed by atoms with Gasteiger partial charge in [-0.15, -0.1) is 0 Å². The first-order valence-corrected chi connectivity index (χ1v) is 5.41. The molecule has 1 rings (SSSR count). The third kappa shape index (κ3) is 3.66. The second-order valence-corrected chi connectivity index (χ2v) is 4.12. The number of carbonyl (C=O) groups excluding carboxylic acids is 1. The summed E-state index contributed by atoms with van der Waals surface area (Å²) in [5, 5.41) is 7.49. The number of amides is 1. The monoisotopic (exact) mass is 224 g/mol. The number of rotatable bonds is 5. The Morgan fingerprint density at radius 1 is 1.56 bits per heavy atom. The lowest BCUT2D eigenvalue weighted by Crippen LogP contribution is -2.26. The van der Waals surface area contributed by atoms with Gasteiger partial charge in [-0.1, -0.05) is 0 Å². The Morgan fingerprint density at radius 2 is 2.25 bits per heavy atom. The SMILES string of the molecule is Cc1cc(CNCCC(=O)N(C)C)n(C)n1. The molecule has 1 N–H and O–H groups in total. The van der Waals surface area contributed by atoms with Crippen molar-refractivity contribution >= 4 is 5.91 Å². The van der Waals surface area contributed by atoms with Crippen molar-refractivity contribution < 1.29 is 4.79 Å². The Bertz CT molecular complexity index is 357. The third-order valence-corrected chi connectivity index (χ3v) is 2.42. The summed E-state index contributed by atoms with van der Waals surface area (Å²) in [5.74, 6) is 0.147. The molecule has 5 nitrogen and oxygen atoms in total. The molecule has 90 valence electrons. The highest BCUT2D eigenvalue weighted by Crippen LogP contribution is 2.00. The molecule has 16 heavy (non-hydrogen) atoms. The van der Waals surface area contributed by atoms with Crippen LogP contribution in [0.1, 0.15) is 17.8 Å². The molecule has 0 saturated heterocycles. The van der Waals surface area contributed by atoms with Gasteiger partial charge in [0.2, 0.25) is 5.91 Å². The minimum atomic E-state index is 0.147. The van der Waals surface area contributed by atoms with Gasteiger partial charge < -0.3 is 10.2 Å². The Morgan fingerprint density at radius 3 is 2.75 bits per heavy atom. The number of aromatic nitrogens is 2. The van der Waals surface area contributed by atoms with Crippen molar-refractivity contribution in [2.75, 3.05) is 20.6 Å². The van der Waals surface area contributed by atoms with E-state index in [1.807, 2.05) is 24.7 Å². The summed E-state index contributed by atoms with van der Waals surface area (Å²) >= 11 is 0. The predicted octanol–water partition coefficient (Wildman–Crippen LogP) is 0.296. The number of hydrogen-bond donors (Lipinski definition) is 1. The Labute approximate surface area is 96.4 Å². The topological polar surface area (TPSA) is 50.2 Å². The van der Waals surface area contributed by atoms with E-state index in [4.69, 9.17) is 0 Å². The summed E-state index contributed by atoms with van der Waals surface area (Å²) in [4.78, 5) is 12.9. The lowest BCUT2D eigenvalue weighted by Gasteiger charge is -2.10. The normalized spacial score (nSPS) is 10.5. The highest BCUT2D eigenvalue weighted by atomic mass is 16.2. The minimum absolute atomic E-state index is 0.147.